The zero-order valence-electron chi connectivity index (χ0n) is 13.2. The van der Waals surface area contributed by atoms with Crippen molar-refractivity contribution in [2.24, 2.45) is 0 Å². The second-order valence-corrected chi connectivity index (χ2v) is 5.37. The van der Waals surface area contributed by atoms with E-state index < -0.39 is 0 Å². The molecule has 24 heavy (non-hydrogen) atoms. The van der Waals surface area contributed by atoms with E-state index in [9.17, 15) is 9.18 Å². The van der Waals surface area contributed by atoms with Gasteiger partial charge in [0.25, 0.3) is 5.91 Å². The van der Waals surface area contributed by atoms with Crippen molar-refractivity contribution in [3.8, 4) is 11.1 Å². The first-order valence-corrected chi connectivity index (χ1v) is 7.61. The molecule has 0 atom stereocenters. The Morgan fingerprint density at radius 1 is 0.750 bits per heavy atom. The van der Waals surface area contributed by atoms with Crippen molar-refractivity contribution in [3.63, 3.8) is 0 Å². The first-order chi connectivity index (χ1) is 11.7. The lowest BCUT2D eigenvalue weighted by molar-refractivity contribution is 0.102. The average molecular weight is 320 g/mol. The molecule has 0 fully saturated rings. The van der Waals surface area contributed by atoms with E-state index in [0.717, 1.165) is 22.5 Å². The molecule has 2 N–H and O–H groups in total. The third-order valence-corrected chi connectivity index (χ3v) is 3.76. The van der Waals surface area contributed by atoms with Crippen molar-refractivity contribution in [2.45, 2.75) is 0 Å². The van der Waals surface area contributed by atoms with E-state index in [-0.39, 0.29) is 11.7 Å². The zero-order chi connectivity index (χ0) is 16.9. The van der Waals surface area contributed by atoms with E-state index in [0.29, 0.717) is 5.56 Å². The van der Waals surface area contributed by atoms with Gasteiger partial charge >= 0.3 is 0 Å². The maximum absolute atomic E-state index is 13.0. The van der Waals surface area contributed by atoms with Gasteiger partial charge in [-0.1, -0.05) is 24.3 Å². The van der Waals surface area contributed by atoms with Crippen LogP contribution in [0.15, 0.2) is 72.8 Å². The Labute approximate surface area is 140 Å². The lowest BCUT2D eigenvalue weighted by atomic mass is 10.0. The Hall–Kier alpha value is -3.14. The Balaban J connectivity index is 1.72. The molecule has 0 aliphatic carbocycles. The first kappa shape index (κ1) is 15.7. The molecule has 0 unspecified atom stereocenters. The van der Waals surface area contributed by atoms with Crippen LogP contribution in [0.4, 0.5) is 15.8 Å². The Kier molecular flexibility index (Phi) is 4.57. The largest absolute Gasteiger partial charge is 0.388 e. The number of benzene rings is 3. The highest BCUT2D eigenvalue weighted by Gasteiger charge is 2.07. The monoisotopic (exact) mass is 320 g/mol. The number of halogens is 1. The molecule has 3 nitrogen and oxygen atoms in total. The minimum atomic E-state index is -0.265. The molecule has 0 bridgehead atoms. The Bertz CT molecular complexity index is 825. The molecule has 3 aromatic carbocycles. The summed E-state index contributed by atoms with van der Waals surface area (Å²) >= 11 is 0. The molecule has 0 saturated carbocycles. The predicted octanol–water partition coefficient (Wildman–Crippen LogP) is 4.79. The summed E-state index contributed by atoms with van der Waals surface area (Å²) in [6.07, 6.45) is 0. The van der Waals surface area contributed by atoms with Crippen LogP contribution in [-0.4, -0.2) is 13.0 Å². The number of hydrogen-bond acceptors (Lipinski definition) is 2. The van der Waals surface area contributed by atoms with Crippen LogP contribution in [0.2, 0.25) is 0 Å². The van der Waals surface area contributed by atoms with Crippen LogP contribution in [0, 0.1) is 5.82 Å². The van der Waals surface area contributed by atoms with E-state index in [1.54, 1.807) is 24.3 Å². The van der Waals surface area contributed by atoms with Crippen LogP contribution in [0.1, 0.15) is 10.4 Å². The third kappa shape index (κ3) is 3.60. The maximum Gasteiger partial charge on any atom is 0.255 e. The molecule has 3 rings (SSSR count). The summed E-state index contributed by atoms with van der Waals surface area (Å²) in [5.74, 6) is -0.433. The normalized spacial score (nSPS) is 10.2. The third-order valence-electron chi connectivity index (χ3n) is 3.76. The predicted molar refractivity (Wildman–Crippen MR) is 95.8 cm³/mol. The quantitative estimate of drug-likeness (QED) is 0.726. The number of carbonyl (C=O) groups excluding carboxylic acids is 1. The molecule has 0 heterocycles. The summed E-state index contributed by atoms with van der Waals surface area (Å²) in [5.41, 5.74) is 4.13. The molecule has 0 saturated heterocycles. The van der Waals surface area contributed by atoms with Crippen LogP contribution in [0.5, 0.6) is 0 Å². The van der Waals surface area contributed by atoms with Crippen molar-refractivity contribution < 1.29 is 9.18 Å². The number of rotatable bonds is 4. The first-order valence-electron chi connectivity index (χ1n) is 7.61. The fourth-order valence-electron chi connectivity index (χ4n) is 2.38. The molecule has 3 aromatic rings. The summed E-state index contributed by atoms with van der Waals surface area (Å²) < 4.78 is 13.0. The van der Waals surface area contributed by atoms with Crippen molar-refractivity contribution in [2.75, 3.05) is 17.7 Å². The number of carbonyl (C=O) groups is 1. The fraction of sp³-hybridized carbons (Fsp3) is 0.0500. The van der Waals surface area contributed by atoms with Gasteiger partial charge in [0.1, 0.15) is 5.82 Å². The molecule has 1 amide bonds. The maximum atomic E-state index is 13.0. The lowest BCUT2D eigenvalue weighted by Crippen LogP contribution is -2.11. The van der Waals surface area contributed by atoms with E-state index in [2.05, 4.69) is 10.6 Å². The molecule has 0 aliphatic heterocycles. The number of nitrogens with one attached hydrogen (secondary N) is 2. The van der Waals surface area contributed by atoms with Gasteiger partial charge in [0.2, 0.25) is 0 Å². The van der Waals surface area contributed by atoms with Gasteiger partial charge in [0.15, 0.2) is 0 Å². The Morgan fingerprint density at radius 2 is 1.25 bits per heavy atom. The molecule has 4 heteroatoms. The average Bonchev–Trinajstić information content (AvgIpc) is 2.63. The van der Waals surface area contributed by atoms with Gasteiger partial charge in [-0.3, -0.25) is 4.79 Å². The summed E-state index contributed by atoms with van der Waals surface area (Å²) in [5, 5.41) is 5.89. The molecule has 0 spiro atoms. The summed E-state index contributed by atoms with van der Waals surface area (Å²) in [6, 6.07) is 21.0. The number of hydrogen-bond donors (Lipinski definition) is 2. The van der Waals surface area contributed by atoms with Crippen LogP contribution >= 0.6 is 0 Å². The highest BCUT2D eigenvalue weighted by atomic mass is 19.1. The van der Waals surface area contributed by atoms with Gasteiger partial charge in [-0.2, -0.15) is 0 Å². The van der Waals surface area contributed by atoms with Crippen molar-refractivity contribution in [3.05, 3.63) is 84.2 Å². The minimum absolute atomic E-state index is 0.169. The van der Waals surface area contributed by atoms with Crippen molar-refractivity contribution in [1.82, 2.24) is 0 Å². The van der Waals surface area contributed by atoms with E-state index in [1.807, 2.05) is 43.4 Å². The summed E-state index contributed by atoms with van der Waals surface area (Å²) in [4.78, 5) is 12.3. The van der Waals surface area contributed by atoms with E-state index in [1.165, 1.54) is 12.1 Å². The summed E-state index contributed by atoms with van der Waals surface area (Å²) in [6.45, 7) is 0. The standard InChI is InChI=1S/C20H17FN2O/c1-22-18-10-12-19(13-11-18)23-20(24)16-4-2-14(3-5-16)15-6-8-17(21)9-7-15/h2-13,22H,1H3,(H,23,24). The second kappa shape index (κ2) is 6.96. The molecule has 0 aliphatic rings. The number of amides is 1. The molecule has 0 aromatic heterocycles. The van der Waals surface area contributed by atoms with Crippen LogP contribution in [0.3, 0.4) is 0 Å². The lowest BCUT2D eigenvalue weighted by Gasteiger charge is -2.07. The Morgan fingerprint density at radius 3 is 1.79 bits per heavy atom. The van der Waals surface area contributed by atoms with Crippen LogP contribution in [-0.2, 0) is 0 Å². The molecular weight excluding hydrogens is 303 g/mol. The zero-order valence-corrected chi connectivity index (χ0v) is 13.2. The topological polar surface area (TPSA) is 41.1 Å². The fourth-order valence-corrected chi connectivity index (χ4v) is 2.38. The van der Waals surface area contributed by atoms with Crippen molar-refractivity contribution in [1.29, 1.82) is 0 Å². The highest BCUT2D eigenvalue weighted by molar-refractivity contribution is 6.04. The SMILES string of the molecule is CNc1ccc(NC(=O)c2ccc(-c3ccc(F)cc3)cc2)cc1. The van der Waals surface area contributed by atoms with Crippen LogP contribution < -0.4 is 10.6 Å². The van der Waals surface area contributed by atoms with Crippen molar-refractivity contribution >= 4 is 17.3 Å². The number of anilines is 2. The van der Waals surface area contributed by atoms with Gasteiger partial charge in [0, 0.05) is 24.0 Å². The smallest absolute Gasteiger partial charge is 0.255 e. The minimum Gasteiger partial charge on any atom is -0.388 e. The second-order valence-electron chi connectivity index (χ2n) is 5.37. The summed E-state index contributed by atoms with van der Waals surface area (Å²) in [7, 11) is 1.84. The molecular formula is C20H17FN2O. The van der Waals surface area contributed by atoms with Gasteiger partial charge in [-0.05, 0) is 59.7 Å². The van der Waals surface area contributed by atoms with Crippen LogP contribution in [0.25, 0.3) is 11.1 Å². The van der Waals surface area contributed by atoms with Gasteiger partial charge in [0.05, 0.1) is 0 Å². The van der Waals surface area contributed by atoms with Gasteiger partial charge < -0.3 is 10.6 Å². The molecule has 0 radical (unpaired) electrons. The molecule has 120 valence electrons. The van der Waals surface area contributed by atoms with Gasteiger partial charge in [-0.25, -0.2) is 4.39 Å². The highest BCUT2D eigenvalue weighted by Crippen LogP contribution is 2.21. The van der Waals surface area contributed by atoms with E-state index >= 15 is 0 Å². The van der Waals surface area contributed by atoms with Gasteiger partial charge in [-0.15, -0.1) is 0 Å². The van der Waals surface area contributed by atoms with E-state index in [4.69, 9.17) is 0 Å².